The molecule has 0 aromatic heterocycles. The molecule has 1 rings (SSSR count). The minimum Gasteiger partial charge on any atom is -0.370 e. The molecular weight excluding hydrogens is 148 g/mol. The van der Waals surface area contributed by atoms with Gasteiger partial charge in [0, 0.05) is 25.1 Å². The second-order valence-corrected chi connectivity index (χ2v) is 3.26. The van der Waals surface area contributed by atoms with Crippen molar-refractivity contribution >= 4 is 22.7 Å². The largest absolute Gasteiger partial charge is 0.370 e. The highest BCUT2D eigenvalue weighted by atomic mass is 32.2. The first-order valence-corrected chi connectivity index (χ1v) is 4.22. The molecule has 0 radical (unpaired) electrons. The van der Waals surface area contributed by atoms with Gasteiger partial charge in [-0.3, -0.25) is 9.79 Å². The van der Waals surface area contributed by atoms with Gasteiger partial charge in [-0.25, -0.2) is 0 Å². The van der Waals surface area contributed by atoms with Crippen molar-refractivity contribution in [3.8, 4) is 0 Å². The molecule has 1 aliphatic rings. The summed E-state index contributed by atoms with van der Waals surface area (Å²) in [6, 6.07) is 0. The van der Waals surface area contributed by atoms with Crippen LogP contribution in [0.1, 0.15) is 12.8 Å². The van der Waals surface area contributed by atoms with E-state index in [0.29, 0.717) is 6.42 Å². The molecule has 0 spiro atoms. The van der Waals surface area contributed by atoms with Crippen LogP contribution in [0, 0.1) is 0 Å². The molecule has 0 unspecified atom stereocenters. The van der Waals surface area contributed by atoms with E-state index in [1.807, 2.05) is 0 Å². The van der Waals surface area contributed by atoms with Crippen LogP contribution in [0.25, 0.3) is 0 Å². The molecule has 10 heavy (non-hydrogen) atoms. The highest BCUT2D eigenvalue weighted by Gasteiger charge is 2.07. The summed E-state index contributed by atoms with van der Waals surface area (Å²) in [4.78, 5) is 14.5. The van der Waals surface area contributed by atoms with Crippen molar-refractivity contribution in [1.82, 2.24) is 0 Å². The van der Waals surface area contributed by atoms with Gasteiger partial charge >= 0.3 is 0 Å². The molecule has 0 aromatic carbocycles. The van der Waals surface area contributed by atoms with E-state index < -0.39 is 0 Å². The molecular formula is C6H10N2OS. The second kappa shape index (κ2) is 3.61. The molecule has 0 atom stereocenters. The van der Waals surface area contributed by atoms with Crippen molar-refractivity contribution in [3.05, 3.63) is 0 Å². The van der Waals surface area contributed by atoms with Gasteiger partial charge in [0.1, 0.15) is 0 Å². The maximum atomic E-state index is 10.3. The molecule has 0 bridgehead atoms. The minimum absolute atomic E-state index is 0.241. The van der Waals surface area contributed by atoms with Gasteiger partial charge in [-0.15, -0.1) is 11.8 Å². The molecule has 1 heterocycles. The van der Waals surface area contributed by atoms with Gasteiger partial charge in [0.15, 0.2) is 0 Å². The van der Waals surface area contributed by atoms with Gasteiger partial charge in [-0.2, -0.15) is 0 Å². The number of primary amides is 1. The fraction of sp³-hybridized carbons (Fsp3) is 0.667. The number of nitrogens with zero attached hydrogens (tertiary/aromatic N) is 1. The van der Waals surface area contributed by atoms with E-state index >= 15 is 0 Å². The lowest BCUT2D eigenvalue weighted by molar-refractivity contribution is -0.117. The average molecular weight is 158 g/mol. The van der Waals surface area contributed by atoms with Gasteiger partial charge in [0.05, 0.1) is 5.04 Å². The normalized spacial score (nSPS) is 17.0. The summed E-state index contributed by atoms with van der Waals surface area (Å²) in [7, 11) is 0. The van der Waals surface area contributed by atoms with Crippen molar-refractivity contribution in [3.63, 3.8) is 0 Å². The number of thioether (sulfide) groups is 1. The predicted octanol–water partition coefficient (Wildman–Crippen LogP) is 0.397. The highest BCUT2D eigenvalue weighted by molar-refractivity contribution is 8.14. The molecule has 4 heteroatoms. The zero-order valence-electron chi connectivity index (χ0n) is 5.67. The van der Waals surface area contributed by atoms with E-state index in [9.17, 15) is 4.79 Å². The standard InChI is InChI=1S/C6H10N2OS/c7-5(9)1-2-6-8-3-4-10-6/h1-4H2,(H2,7,9). The van der Waals surface area contributed by atoms with E-state index in [2.05, 4.69) is 4.99 Å². The number of carbonyl (C=O) groups is 1. The minimum atomic E-state index is -0.241. The smallest absolute Gasteiger partial charge is 0.217 e. The molecule has 0 saturated heterocycles. The summed E-state index contributed by atoms with van der Waals surface area (Å²) in [5.74, 6) is 0.823. The first-order valence-electron chi connectivity index (χ1n) is 3.23. The molecule has 1 amide bonds. The molecule has 0 saturated carbocycles. The predicted molar refractivity (Wildman–Crippen MR) is 43.2 cm³/mol. The van der Waals surface area contributed by atoms with Crippen LogP contribution in [0.4, 0.5) is 0 Å². The first kappa shape index (κ1) is 7.60. The fourth-order valence-electron chi connectivity index (χ4n) is 0.761. The molecule has 3 nitrogen and oxygen atoms in total. The number of aliphatic imine (C=N–C) groups is 1. The third-order valence-corrected chi connectivity index (χ3v) is 2.29. The Morgan fingerprint density at radius 1 is 1.80 bits per heavy atom. The number of nitrogens with two attached hydrogens (primary N) is 1. The van der Waals surface area contributed by atoms with E-state index in [1.54, 1.807) is 11.8 Å². The zero-order valence-corrected chi connectivity index (χ0v) is 6.49. The Kier molecular flexibility index (Phi) is 2.74. The third-order valence-electron chi connectivity index (χ3n) is 1.23. The van der Waals surface area contributed by atoms with Crippen LogP contribution in [0.3, 0.4) is 0 Å². The molecule has 1 aliphatic heterocycles. The van der Waals surface area contributed by atoms with Gasteiger partial charge in [0.25, 0.3) is 0 Å². The third kappa shape index (κ3) is 2.39. The monoisotopic (exact) mass is 158 g/mol. The van der Waals surface area contributed by atoms with Crippen LogP contribution in [0.5, 0.6) is 0 Å². The highest BCUT2D eigenvalue weighted by Crippen LogP contribution is 2.15. The van der Waals surface area contributed by atoms with Crippen LogP contribution >= 0.6 is 11.8 Å². The van der Waals surface area contributed by atoms with Crippen molar-refractivity contribution in [2.24, 2.45) is 10.7 Å². The van der Waals surface area contributed by atoms with Gasteiger partial charge < -0.3 is 5.73 Å². The van der Waals surface area contributed by atoms with Gasteiger partial charge in [-0.1, -0.05) is 0 Å². The van der Waals surface area contributed by atoms with E-state index in [-0.39, 0.29) is 5.91 Å². The van der Waals surface area contributed by atoms with E-state index in [0.717, 1.165) is 23.8 Å². The van der Waals surface area contributed by atoms with Crippen molar-refractivity contribution in [1.29, 1.82) is 0 Å². The second-order valence-electron chi connectivity index (χ2n) is 2.09. The molecule has 0 fully saturated rings. The SMILES string of the molecule is NC(=O)CCC1=NCCS1. The van der Waals surface area contributed by atoms with E-state index in [4.69, 9.17) is 5.73 Å². The topological polar surface area (TPSA) is 55.5 Å². The summed E-state index contributed by atoms with van der Waals surface area (Å²) in [5.41, 5.74) is 4.97. The Hall–Kier alpha value is -0.510. The Balaban J connectivity index is 2.19. The molecule has 0 aromatic rings. The van der Waals surface area contributed by atoms with Crippen LogP contribution in [0.15, 0.2) is 4.99 Å². The number of rotatable bonds is 3. The van der Waals surface area contributed by atoms with Crippen molar-refractivity contribution < 1.29 is 4.79 Å². The molecule has 2 N–H and O–H groups in total. The summed E-state index contributed by atoms with van der Waals surface area (Å²) >= 11 is 1.73. The Morgan fingerprint density at radius 2 is 2.60 bits per heavy atom. The Labute approximate surface area is 64.1 Å². The lowest BCUT2D eigenvalue weighted by Gasteiger charge is -1.93. The van der Waals surface area contributed by atoms with Gasteiger partial charge in [0.2, 0.25) is 5.91 Å². The number of hydrogen-bond acceptors (Lipinski definition) is 3. The van der Waals surface area contributed by atoms with Crippen LogP contribution in [0.2, 0.25) is 0 Å². The number of amides is 1. The van der Waals surface area contributed by atoms with Crippen LogP contribution < -0.4 is 5.73 Å². The van der Waals surface area contributed by atoms with Gasteiger partial charge in [-0.05, 0) is 0 Å². The maximum Gasteiger partial charge on any atom is 0.217 e. The summed E-state index contributed by atoms with van der Waals surface area (Å²) in [6.45, 7) is 0.902. The summed E-state index contributed by atoms with van der Waals surface area (Å²) in [6.07, 6.45) is 1.17. The van der Waals surface area contributed by atoms with Crippen molar-refractivity contribution in [2.45, 2.75) is 12.8 Å². The molecule has 0 aliphatic carbocycles. The van der Waals surface area contributed by atoms with Crippen LogP contribution in [-0.2, 0) is 4.79 Å². The quantitative estimate of drug-likeness (QED) is 0.646. The number of hydrogen-bond donors (Lipinski definition) is 1. The Bertz CT molecular complexity index is 167. The Morgan fingerprint density at radius 3 is 3.10 bits per heavy atom. The first-order chi connectivity index (χ1) is 4.79. The maximum absolute atomic E-state index is 10.3. The average Bonchev–Trinajstić information content (AvgIpc) is 2.34. The molecule has 56 valence electrons. The van der Waals surface area contributed by atoms with Crippen LogP contribution in [-0.4, -0.2) is 23.2 Å². The zero-order chi connectivity index (χ0) is 7.40. The summed E-state index contributed by atoms with van der Waals surface area (Å²) < 4.78 is 0. The number of carbonyl (C=O) groups excluding carboxylic acids is 1. The van der Waals surface area contributed by atoms with Crippen molar-refractivity contribution in [2.75, 3.05) is 12.3 Å². The fourth-order valence-corrected chi connectivity index (χ4v) is 1.61. The lowest BCUT2D eigenvalue weighted by Crippen LogP contribution is -2.11. The lowest BCUT2D eigenvalue weighted by atomic mass is 10.3. The summed E-state index contributed by atoms with van der Waals surface area (Å²) in [5, 5.41) is 1.08. The van der Waals surface area contributed by atoms with E-state index in [1.165, 1.54) is 0 Å².